The highest BCUT2D eigenvalue weighted by Gasteiger charge is 2.26. The summed E-state index contributed by atoms with van der Waals surface area (Å²) in [5.41, 5.74) is 16.5. The lowest BCUT2D eigenvalue weighted by atomic mass is 10.0. The van der Waals surface area contributed by atoms with Crippen molar-refractivity contribution in [1.29, 1.82) is 0 Å². The summed E-state index contributed by atoms with van der Waals surface area (Å²) in [5, 5.41) is 8.56. The molecule has 13 rings (SSSR count). The molecule has 4 heterocycles. The lowest BCUT2D eigenvalue weighted by Gasteiger charge is -2.12. The Bertz CT molecular complexity index is 3560. The molecule has 0 fully saturated rings. The van der Waals surface area contributed by atoms with Crippen LogP contribution in [0.25, 0.3) is 116 Å². The van der Waals surface area contributed by atoms with Gasteiger partial charge in [0.2, 0.25) is 0 Å². The smallest absolute Gasteiger partial charge is 0.146 e. The largest absolute Gasteiger partial charge is 0.309 e. The number of aromatic nitrogens is 4. The van der Waals surface area contributed by atoms with Crippen LogP contribution in [0.1, 0.15) is 0 Å². The number of fused-ring (bicyclic) bond motifs is 17. The lowest BCUT2D eigenvalue weighted by Crippen LogP contribution is -1.96. The minimum atomic E-state index is 0.978. The van der Waals surface area contributed by atoms with E-state index < -0.39 is 0 Å². The molecule has 0 atom stereocenters. The Labute approximate surface area is 303 Å². The molecule has 0 saturated heterocycles. The molecule has 8 aromatic carbocycles. The van der Waals surface area contributed by atoms with Crippen molar-refractivity contribution >= 4 is 82.0 Å². The number of hydrogen-bond donors (Lipinski definition) is 0. The zero-order valence-electron chi connectivity index (χ0n) is 28.5. The first-order valence-electron chi connectivity index (χ1n) is 18.2. The summed E-state index contributed by atoms with van der Waals surface area (Å²) in [5.74, 6) is 0. The van der Waals surface area contributed by atoms with E-state index in [9.17, 15) is 0 Å². The van der Waals surface area contributed by atoms with Gasteiger partial charge >= 0.3 is 0 Å². The van der Waals surface area contributed by atoms with Crippen molar-refractivity contribution in [1.82, 2.24) is 18.5 Å². The van der Waals surface area contributed by atoms with Crippen LogP contribution < -0.4 is 0 Å². The van der Waals surface area contributed by atoms with E-state index in [1.54, 1.807) is 0 Å². The molecule has 0 unspecified atom stereocenters. The number of benzene rings is 8. The number of imidazole rings is 1. The van der Waals surface area contributed by atoms with Crippen molar-refractivity contribution in [3.8, 4) is 33.6 Å². The third-order valence-corrected chi connectivity index (χ3v) is 11.7. The number of nitrogens with zero attached hydrogens (tertiary/aromatic N) is 4. The molecule has 0 radical (unpaired) electrons. The van der Waals surface area contributed by atoms with E-state index in [1.165, 1.54) is 82.2 Å². The predicted molar refractivity (Wildman–Crippen MR) is 221 cm³/mol. The van der Waals surface area contributed by atoms with Gasteiger partial charge in [-0.1, -0.05) is 121 Å². The SMILES string of the molecule is c1ccc(-n2c3ccccc3c3c2c2ccccc2c2nc4ccc5c(c6ccccc6n5-c5cc6c7c(cccc7c5)-c5ccccc5-6)c4n23)cc1. The van der Waals surface area contributed by atoms with Crippen LogP contribution >= 0.6 is 0 Å². The van der Waals surface area contributed by atoms with E-state index in [4.69, 9.17) is 4.98 Å². The maximum absolute atomic E-state index is 5.47. The minimum absolute atomic E-state index is 0.978. The summed E-state index contributed by atoms with van der Waals surface area (Å²) < 4.78 is 7.38. The molecule has 4 heteroatoms. The van der Waals surface area contributed by atoms with Gasteiger partial charge in [0.25, 0.3) is 0 Å². The van der Waals surface area contributed by atoms with E-state index in [0.717, 1.165) is 33.4 Å². The van der Waals surface area contributed by atoms with Crippen LogP contribution in [0.15, 0.2) is 170 Å². The van der Waals surface area contributed by atoms with Crippen molar-refractivity contribution in [2.75, 3.05) is 0 Å². The second kappa shape index (κ2) is 9.78. The van der Waals surface area contributed by atoms with E-state index in [2.05, 4.69) is 183 Å². The van der Waals surface area contributed by atoms with Crippen LogP contribution in [-0.4, -0.2) is 18.5 Å². The minimum Gasteiger partial charge on any atom is -0.309 e. The fourth-order valence-corrected chi connectivity index (χ4v) is 9.65. The summed E-state index contributed by atoms with van der Waals surface area (Å²) in [7, 11) is 0. The first-order valence-corrected chi connectivity index (χ1v) is 18.2. The molecular formula is C49H28N4. The van der Waals surface area contributed by atoms with E-state index >= 15 is 0 Å². The molecule has 0 bridgehead atoms. The van der Waals surface area contributed by atoms with Crippen molar-refractivity contribution in [3.05, 3.63) is 170 Å². The fraction of sp³-hybridized carbons (Fsp3) is 0. The van der Waals surface area contributed by atoms with Crippen LogP contribution in [-0.2, 0) is 0 Å². The highest BCUT2D eigenvalue weighted by molar-refractivity contribution is 6.26. The number of pyridine rings is 1. The topological polar surface area (TPSA) is 27.2 Å². The summed E-state index contributed by atoms with van der Waals surface area (Å²) >= 11 is 0. The lowest BCUT2D eigenvalue weighted by molar-refractivity contribution is 1.18. The highest BCUT2D eigenvalue weighted by atomic mass is 15.1. The molecule has 0 N–H and O–H groups in total. The van der Waals surface area contributed by atoms with Crippen LogP contribution in [0.4, 0.5) is 0 Å². The average Bonchev–Trinajstić information content (AvgIpc) is 3.96. The molecule has 1 aliphatic carbocycles. The highest BCUT2D eigenvalue weighted by Crippen LogP contribution is 2.49. The number of para-hydroxylation sites is 3. The van der Waals surface area contributed by atoms with E-state index in [0.29, 0.717) is 0 Å². The quantitative estimate of drug-likeness (QED) is 0.180. The summed E-state index contributed by atoms with van der Waals surface area (Å²) in [4.78, 5) is 5.47. The van der Waals surface area contributed by atoms with Gasteiger partial charge in [0.1, 0.15) is 5.65 Å². The van der Waals surface area contributed by atoms with Gasteiger partial charge < -0.3 is 9.13 Å². The van der Waals surface area contributed by atoms with Gasteiger partial charge in [-0.05, 0) is 81.6 Å². The van der Waals surface area contributed by atoms with Crippen LogP contribution in [0.3, 0.4) is 0 Å². The zero-order valence-corrected chi connectivity index (χ0v) is 28.5. The Morgan fingerprint density at radius 3 is 1.85 bits per heavy atom. The van der Waals surface area contributed by atoms with E-state index in [1.807, 2.05) is 0 Å². The summed E-state index contributed by atoms with van der Waals surface area (Å²) in [6, 6.07) is 62.1. The first kappa shape index (κ1) is 27.5. The molecule has 0 aliphatic heterocycles. The molecule has 0 spiro atoms. The van der Waals surface area contributed by atoms with Gasteiger partial charge in [-0.25, -0.2) is 4.98 Å². The molecule has 4 nitrogen and oxygen atoms in total. The van der Waals surface area contributed by atoms with Gasteiger partial charge in [0.05, 0.1) is 38.6 Å². The predicted octanol–water partition coefficient (Wildman–Crippen LogP) is 12.6. The van der Waals surface area contributed by atoms with Crippen molar-refractivity contribution in [2.45, 2.75) is 0 Å². The molecule has 4 aromatic heterocycles. The van der Waals surface area contributed by atoms with Crippen LogP contribution in [0.2, 0.25) is 0 Å². The van der Waals surface area contributed by atoms with Crippen LogP contribution in [0.5, 0.6) is 0 Å². The normalized spacial score (nSPS) is 12.5. The van der Waals surface area contributed by atoms with E-state index in [-0.39, 0.29) is 0 Å². The maximum atomic E-state index is 5.47. The second-order valence-electron chi connectivity index (χ2n) is 14.3. The Morgan fingerprint density at radius 2 is 1.02 bits per heavy atom. The molecule has 244 valence electrons. The van der Waals surface area contributed by atoms with Crippen molar-refractivity contribution in [3.63, 3.8) is 0 Å². The van der Waals surface area contributed by atoms with Gasteiger partial charge in [-0.15, -0.1) is 0 Å². The molecule has 12 aromatic rings. The maximum Gasteiger partial charge on any atom is 0.146 e. The molecule has 53 heavy (non-hydrogen) atoms. The summed E-state index contributed by atoms with van der Waals surface area (Å²) in [6.45, 7) is 0. The third-order valence-electron chi connectivity index (χ3n) is 11.7. The van der Waals surface area contributed by atoms with Crippen LogP contribution in [0, 0.1) is 0 Å². The number of hydrogen-bond acceptors (Lipinski definition) is 1. The molecular weight excluding hydrogens is 645 g/mol. The Balaban J connectivity index is 1.24. The van der Waals surface area contributed by atoms with Crippen molar-refractivity contribution < 1.29 is 0 Å². The Hall–Kier alpha value is -7.17. The molecule has 0 saturated carbocycles. The molecule has 1 aliphatic rings. The van der Waals surface area contributed by atoms with Gasteiger partial charge in [0, 0.05) is 38.3 Å². The fourth-order valence-electron chi connectivity index (χ4n) is 9.65. The zero-order chi connectivity index (χ0) is 34.4. The third kappa shape index (κ3) is 3.39. The first-order chi connectivity index (χ1) is 26.3. The summed E-state index contributed by atoms with van der Waals surface area (Å²) in [6.07, 6.45) is 0. The standard InChI is InChI=1S/C49H28N4/c1-2-14-30(15-3-1)52-42-24-11-9-21-38(42)47-46(52)35-18-6-7-19-36(35)49-50-40-25-26-43-45(48(40)53(47)49)37-20-8-10-23-41(37)51(43)31-27-29-13-12-22-34-32-16-4-5-17-33(32)39(28-31)44(29)34/h1-28H. The van der Waals surface area contributed by atoms with Crippen molar-refractivity contribution in [2.24, 2.45) is 0 Å². The molecule has 0 amide bonds. The number of rotatable bonds is 2. The monoisotopic (exact) mass is 672 g/mol. The van der Waals surface area contributed by atoms with Gasteiger partial charge in [-0.2, -0.15) is 0 Å². The Morgan fingerprint density at radius 1 is 0.358 bits per heavy atom. The van der Waals surface area contributed by atoms with Gasteiger partial charge in [0.15, 0.2) is 0 Å². The van der Waals surface area contributed by atoms with Gasteiger partial charge in [-0.3, -0.25) is 4.40 Å². The second-order valence-corrected chi connectivity index (χ2v) is 14.3. The average molecular weight is 673 g/mol. The Kier molecular flexibility index (Phi) is 5.08.